The SMILES string of the molecule is CC(C)(COC(=O)CC#N)C(=O)C(Oc1ccc(Cl)cc1)n1cncn1. The second-order valence-electron chi connectivity index (χ2n) is 6.04. The minimum atomic E-state index is -1.11. The van der Waals surface area contributed by atoms with Gasteiger partial charge in [-0.05, 0) is 38.1 Å². The van der Waals surface area contributed by atoms with Gasteiger partial charge in [-0.1, -0.05) is 11.6 Å². The van der Waals surface area contributed by atoms with E-state index in [9.17, 15) is 9.59 Å². The smallest absolute Gasteiger partial charge is 0.320 e. The molecule has 2 aromatic rings. The average molecular weight is 377 g/mol. The number of rotatable bonds is 8. The van der Waals surface area contributed by atoms with Crippen molar-refractivity contribution in [3.05, 3.63) is 41.9 Å². The summed E-state index contributed by atoms with van der Waals surface area (Å²) in [6, 6.07) is 8.21. The van der Waals surface area contributed by atoms with Crippen LogP contribution in [0.2, 0.25) is 5.02 Å². The second-order valence-corrected chi connectivity index (χ2v) is 6.48. The van der Waals surface area contributed by atoms with E-state index in [1.807, 2.05) is 0 Å². The molecular formula is C17H17ClN4O4. The van der Waals surface area contributed by atoms with E-state index in [0.717, 1.165) is 0 Å². The van der Waals surface area contributed by atoms with Crippen LogP contribution in [0.5, 0.6) is 5.75 Å². The number of halogens is 1. The summed E-state index contributed by atoms with van der Waals surface area (Å²) in [4.78, 5) is 28.3. The molecular weight excluding hydrogens is 360 g/mol. The molecule has 1 atom stereocenters. The zero-order valence-corrected chi connectivity index (χ0v) is 15.0. The van der Waals surface area contributed by atoms with Crippen LogP contribution < -0.4 is 4.74 Å². The number of carbonyl (C=O) groups excluding carboxylic acids is 2. The molecule has 0 fully saturated rings. The molecule has 0 N–H and O–H groups in total. The lowest BCUT2D eigenvalue weighted by Gasteiger charge is -2.28. The third kappa shape index (κ3) is 5.04. The van der Waals surface area contributed by atoms with Gasteiger partial charge in [0, 0.05) is 5.02 Å². The number of hydrogen-bond donors (Lipinski definition) is 0. The zero-order chi connectivity index (χ0) is 19.2. The highest BCUT2D eigenvalue weighted by Crippen LogP contribution is 2.28. The summed E-state index contributed by atoms with van der Waals surface area (Å²) in [5.74, 6) is -0.646. The fraction of sp³-hybridized carbons (Fsp3) is 0.353. The van der Waals surface area contributed by atoms with Gasteiger partial charge in [-0.25, -0.2) is 9.67 Å². The number of nitrogens with zero attached hydrogens (tertiary/aromatic N) is 4. The Balaban J connectivity index is 2.18. The van der Waals surface area contributed by atoms with Gasteiger partial charge in [0.05, 0.1) is 11.5 Å². The van der Waals surface area contributed by atoms with Gasteiger partial charge in [-0.3, -0.25) is 9.59 Å². The van der Waals surface area contributed by atoms with Crippen molar-refractivity contribution in [2.75, 3.05) is 6.61 Å². The Kier molecular flexibility index (Phi) is 6.31. The molecule has 0 radical (unpaired) electrons. The molecule has 9 heteroatoms. The number of aromatic nitrogens is 3. The third-order valence-corrected chi connectivity index (χ3v) is 3.70. The molecule has 0 bridgehead atoms. The molecule has 136 valence electrons. The Bertz CT molecular complexity index is 797. The standard InChI is InChI=1S/C17H17ClN4O4/c1-17(2,9-25-14(23)7-8-19)15(24)16(22-11-20-10-21-22)26-13-5-3-12(18)4-6-13/h3-6,10-11,16H,7,9H2,1-2H3. The molecule has 0 spiro atoms. The molecule has 1 aromatic heterocycles. The number of ketones is 1. The van der Waals surface area contributed by atoms with E-state index in [1.54, 1.807) is 44.2 Å². The molecule has 1 heterocycles. The molecule has 0 aliphatic rings. The molecule has 0 aliphatic carbocycles. The summed E-state index contributed by atoms with van der Waals surface area (Å²) in [7, 11) is 0. The number of Topliss-reactive ketones (excluding diaryl/α,β-unsaturated/α-hetero) is 1. The zero-order valence-electron chi connectivity index (χ0n) is 14.3. The third-order valence-electron chi connectivity index (χ3n) is 3.45. The van der Waals surface area contributed by atoms with Crippen molar-refractivity contribution in [1.29, 1.82) is 5.26 Å². The Hall–Kier alpha value is -2.92. The molecule has 0 amide bonds. The van der Waals surface area contributed by atoms with Crippen LogP contribution in [-0.2, 0) is 14.3 Å². The van der Waals surface area contributed by atoms with Crippen molar-refractivity contribution in [3.63, 3.8) is 0 Å². The summed E-state index contributed by atoms with van der Waals surface area (Å²) in [6.45, 7) is 3.04. The Morgan fingerprint density at radius 1 is 1.35 bits per heavy atom. The van der Waals surface area contributed by atoms with Crippen LogP contribution in [-0.4, -0.2) is 33.1 Å². The van der Waals surface area contributed by atoms with Gasteiger partial charge >= 0.3 is 5.97 Å². The molecule has 8 nitrogen and oxygen atoms in total. The Labute approximate surface area is 155 Å². The van der Waals surface area contributed by atoms with Gasteiger partial charge in [-0.2, -0.15) is 10.4 Å². The van der Waals surface area contributed by atoms with E-state index in [4.69, 9.17) is 26.3 Å². The van der Waals surface area contributed by atoms with Gasteiger partial charge < -0.3 is 9.47 Å². The van der Waals surface area contributed by atoms with Crippen LogP contribution in [0.4, 0.5) is 0 Å². The molecule has 2 rings (SSSR count). The van der Waals surface area contributed by atoms with Gasteiger partial charge in [0.25, 0.3) is 6.23 Å². The van der Waals surface area contributed by atoms with Gasteiger partial charge in [0.15, 0.2) is 0 Å². The van der Waals surface area contributed by atoms with Crippen molar-refractivity contribution in [1.82, 2.24) is 14.8 Å². The van der Waals surface area contributed by atoms with E-state index < -0.39 is 17.6 Å². The van der Waals surface area contributed by atoms with Crippen LogP contribution in [0.3, 0.4) is 0 Å². The van der Waals surface area contributed by atoms with E-state index in [0.29, 0.717) is 10.8 Å². The van der Waals surface area contributed by atoms with E-state index >= 15 is 0 Å². The van der Waals surface area contributed by atoms with Crippen molar-refractivity contribution < 1.29 is 19.1 Å². The molecule has 1 unspecified atom stereocenters. The summed E-state index contributed by atoms with van der Waals surface area (Å²) >= 11 is 5.86. The summed E-state index contributed by atoms with van der Waals surface area (Å²) in [5, 5.41) is 13.0. The van der Waals surface area contributed by atoms with Crippen LogP contribution in [0.15, 0.2) is 36.9 Å². The first-order valence-corrected chi connectivity index (χ1v) is 8.04. The fourth-order valence-corrected chi connectivity index (χ4v) is 2.12. The topological polar surface area (TPSA) is 107 Å². The van der Waals surface area contributed by atoms with Crippen molar-refractivity contribution in [3.8, 4) is 11.8 Å². The highest BCUT2D eigenvalue weighted by atomic mass is 35.5. The maximum absolute atomic E-state index is 13.0. The highest BCUT2D eigenvalue weighted by molar-refractivity contribution is 6.30. The van der Waals surface area contributed by atoms with E-state index in [2.05, 4.69) is 10.1 Å². The number of hydrogen-bond acceptors (Lipinski definition) is 7. The minimum Gasteiger partial charge on any atom is -0.464 e. The molecule has 1 aromatic carbocycles. The van der Waals surface area contributed by atoms with Crippen LogP contribution in [0.25, 0.3) is 0 Å². The number of ether oxygens (including phenoxy) is 2. The lowest BCUT2D eigenvalue weighted by Crippen LogP contribution is -2.39. The largest absolute Gasteiger partial charge is 0.464 e. The molecule has 0 saturated heterocycles. The lowest BCUT2D eigenvalue weighted by atomic mass is 9.88. The van der Waals surface area contributed by atoms with Gasteiger partial charge in [-0.15, -0.1) is 0 Å². The number of carbonyl (C=O) groups is 2. The van der Waals surface area contributed by atoms with Crippen molar-refractivity contribution in [2.45, 2.75) is 26.5 Å². The fourth-order valence-electron chi connectivity index (χ4n) is 1.99. The first-order valence-electron chi connectivity index (χ1n) is 7.67. The Morgan fingerprint density at radius 3 is 2.62 bits per heavy atom. The van der Waals surface area contributed by atoms with Crippen LogP contribution in [0, 0.1) is 16.7 Å². The number of esters is 1. The maximum atomic E-state index is 13.0. The minimum absolute atomic E-state index is 0.193. The van der Waals surface area contributed by atoms with Crippen molar-refractivity contribution >= 4 is 23.4 Å². The molecule has 0 saturated carbocycles. The predicted molar refractivity (Wildman–Crippen MR) is 91.1 cm³/mol. The average Bonchev–Trinajstić information content (AvgIpc) is 3.13. The maximum Gasteiger partial charge on any atom is 0.320 e. The first kappa shape index (κ1) is 19.4. The second kappa shape index (κ2) is 8.45. The van der Waals surface area contributed by atoms with Crippen LogP contribution in [0.1, 0.15) is 26.5 Å². The number of benzene rings is 1. The predicted octanol–water partition coefficient (Wildman–Crippen LogP) is 2.56. The summed E-state index contributed by atoms with van der Waals surface area (Å²) < 4.78 is 12.1. The highest BCUT2D eigenvalue weighted by Gasteiger charge is 2.38. The summed E-state index contributed by atoms with van der Waals surface area (Å²) in [5.41, 5.74) is -1.08. The summed E-state index contributed by atoms with van der Waals surface area (Å²) in [6.07, 6.45) is 1.16. The lowest BCUT2D eigenvalue weighted by molar-refractivity contribution is -0.151. The van der Waals surface area contributed by atoms with Crippen LogP contribution >= 0.6 is 11.6 Å². The van der Waals surface area contributed by atoms with Crippen molar-refractivity contribution in [2.24, 2.45) is 5.41 Å². The quantitative estimate of drug-likeness (QED) is 0.651. The monoisotopic (exact) mass is 376 g/mol. The molecule has 26 heavy (non-hydrogen) atoms. The van der Waals surface area contributed by atoms with Gasteiger partial charge in [0.1, 0.15) is 31.4 Å². The van der Waals surface area contributed by atoms with E-state index in [-0.39, 0.29) is 18.8 Å². The first-order chi connectivity index (χ1) is 12.3. The van der Waals surface area contributed by atoms with Gasteiger partial charge in [0.2, 0.25) is 5.78 Å². The number of nitriles is 1. The molecule has 0 aliphatic heterocycles. The van der Waals surface area contributed by atoms with E-state index in [1.165, 1.54) is 17.3 Å². The normalized spacial score (nSPS) is 12.1. The Morgan fingerprint density at radius 2 is 2.04 bits per heavy atom.